The fraction of sp³-hybridized carbons (Fsp3) is 0.435. The maximum absolute atomic E-state index is 13.4. The summed E-state index contributed by atoms with van der Waals surface area (Å²) in [5.74, 6) is 1.72. The van der Waals surface area contributed by atoms with Crippen LogP contribution in [-0.2, 0) is 16.4 Å². The van der Waals surface area contributed by atoms with E-state index < -0.39 is 9.84 Å². The number of hydrogen-bond donors (Lipinski definition) is 0. The molecule has 3 rings (SSSR count). The van der Waals surface area contributed by atoms with Crippen molar-refractivity contribution in [1.29, 1.82) is 0 Å². The molecule has 0 N–H and O–H groups in total. The van der Waals surface area contributed by atoms with Gasteiger partial charge in [0.05, 0.1) is 32.3 Å². The Labute approximate surface area is 183 Å². The van der Waals surface area contributed by atoms with E-state index in [1.807, 2.05) is 19.1 Å². The summed E-state index contributed by atoms with van der Waals surface area (Å²) < 4.78 is 40.4. The molecule has 1 aliphatic heterocycles. The van der Waals surface area contributed by atoms with Crippen LogP contribution in [0.25, 0.3) is 0 Å². The molecule has 1 heterocycles. The number of rotatable bonds is 9. The number of methoxy groups -OCH3 is 2. The van der Waals surface area contributed by atoms with Crippen LogP contribution in [0, 0.1) is 0 Å². The van der Waals surface area contributed by atoms with Crippen molar-refractivity contribution < 1.29 is 27.4 Å². The van der Waals surface area contributed by atoms with Gasteiger partial charge in [-0.15, -0.1) is 0 Å². The van der Waals surface area contributed by atoms with Gasteiger partial charge in [0.2, 0.25) is 0 Å². The van der Waals surface area contributed by atoms with Crippen molar-refractivity contribution in [3.63, 3.8) is 0 Å². The van der Waals surface area contributed by atoms with Crippen molar-refractivity contribution >= 4 is 15.7 Å². The number of amides is 1. The van der Waals surface area contributed by atoms with Crippen LogP contribution in [0.5, 0.6) is 17.2 Å². The third kappa shape index (κ3) is 5.70. The number of carbonyl (C=O) groups excluding carboxylic acids is 1. The number of sulfone groups is 1. The summed E-state index contributed by atoms with van der Waals surface area (Å²) in [6, 6.07) is 12.0. The maximum Gasteiger partial charge on any atom is 0.254 e. The molecular weight excluding hydrogens is 418 g/mol. The lowest BCUT2D eigenvalue weighted by Gasteiger charge is -2.29. The van der Waals surface area contributed by atoms with Crippen molar-refractivity contribution in [3.05, 3.63) is 53.6 Å². The number of carbonyl (C=O) groups is 1. The Hall–Kier alpha value is -2.74. The Balaban J connectivity index is 1.87. The topological polar surface area (TPSA) is 82.1 Å². The van der Waals surface area contributed by atoms with Gasteiger partial charge in [-0.05, 0) is 54.8 Å². The third-order valence-corrected chi connectivity index (χ3v) is 7.04. The molecule has 7 nitrogen and oxygen atoms in total. The number of benzene rings is 2. The van der Waals surface area contributed by atoms with Crippen molar-refractivity contribution in [2.75, 3.05) is 32.3 Å². The molecule has 1 saturated heterocycles. The van der Waals surface area contributed by atoms with Gasteiger partial charge in [0.15, 0.2) is 21.3 Å². The Morgan fingerprint density at radius 3 is 2.35 bits per heavy atom. The Morgan fingerprint density at radius 1 is 1.06 bits per heavy atom. The first-order valence-electron chi connectivity index (χ1n) is 10.3. The number of ether oxygens (including phenoxy) is 3. The van der Waals surface area contributed by atoms with Crippen molar-refractivity contribution in [2.45, 2.75) is 32.4 Å². The third-order valence-electron chi connectivity index (χ3n) is 5.29. The molecule has 0 aliphatic carbocycles. The normalized spacial score (nSPS) is 17.2. The first-order valence-corrected chi connectivity index (χ1v) is 12.1. The van der Waals surface area contributed by atoms with Gasteiger partial charge in [-0.2, -0.15) is 0 Å². The van der Waals surface area contributed by atoms with Gasteiger partial charge in [-0.1, -0.05) is 13.0 Å². The van der Waals surface area contributed by atoms with Crippen LogP contribution in [0.2, 0.25) is 0 Å². The highest BCUT2D eigenvalue weighted by atomic mass is 32.2. The quantitative estimate of drug-likeness (QED) is 0.587. The molecule has 0 radical (unpaired) electrons. The Bertz CT molecular complexity index is 1000. The summed E-state index contributed by atoms with van der Waals surface area (Å²) in [7, 11) is -0.0356. The smallest absolute Gasteiger partial charge is 0.254 e. The first-order chi connectivity index (χ1) is 14.9. The van der Waals surface area contributed by atoms with E-state index in [-0.39, 0.29) is 30.0 Å². The predicted octanol–water partition coefficient (Wildman–Crippen LogP) is 3.32. The highest BCUT2D eigenvalue weighted by molar-refractivity contribution is 7.91. The molecule has 0 spiro atoms. The summed E-state index contributed by atoms with van der Waals surface area (Å²) in [6.45, 7) is 2.91. The Morgan fingerprint density at radius 2 is 1.77 bits per heavy atom. The predicted molar refractivity (Wildman–Crippen MR) is 119 cm³/mol. The second-order valence-corrected chi connectivity index (χ2v) is 9.78. The molecule has 8 heteroatoms. The zero-order valence-electron chi connectivity index (χ0n) is 18.2. The second kappa shape index (κ2) is 10.0. The minimum atomic E-state index is -3.15. The average Bonchev–Trinajstić information content (AvgIpc) is 3.15. The van der Waals surface area contributed by atoms with Crippen molar-refractivity contribution in [3.8, 4) is 17.2 Å². The fourth-order valence-corrected chi connectivity index (χ4v) is 5.37. The zero-order valence-corrected chi connectivity index (χ0v) is 19.0. The molecule has 1 atom stereocenters. The second-order valence-electron chi connectivity index (χ2n) is 7.55. The van der Waals surface area contributed by atoms with E-state index >= 15 is 0 Å². The molecule has 168 valence electrons. The molecule has 0 bridgehead atoms. The van der Waals surface area contributed by atoms with Crippen molar-refractivity contribution in [2.24, 2.45) is 0 Å². The molecule has 2 aromatic carbocycles. The summed E-state index contributed by atoms with van der Waals surface area (Å²) in [6.07, 6.45) is 1.33. The van der Waals surface area contributed by atoms with E-state index in [1.54, 1.807) is 49.5 Å². The van der Waals surface area contributed by atoms with Crippen LogP contribution in [0.4, 0.5) is 0 Å². The van der Waals surface area contributed by atoms with E-state index in [4.69, 9.17) is 14.2 Å². The summed E-state index contributed by atoms with van der Waals surface area (Å²) in [5, 5.41) is 0. The van der Waals surface area contributed by atoms with E-state index in [0.29, 0.717) is 35.8 Å². The SMILES string of the molecule is CCCOc1ccc(C(=O)N(Cc2ccc(OC)c(OC)c2)C2CCS(=O)(=O)C2)cc1. The molecular formula is C23H29NO6S. The van der Waals surface area contributed by atoms with Crippen LogP contribution < -0.4 is 14.2 Å². The lowest BCUT2D eigenvalue weighted by atomic mass is 10.1. The van der Waals surface area contributed by atoms with Crippen LogP contribution in [-0.4, -0.2) is 57.6 Å². The number of nitrogens with zero attached hydrogens (tertiary/aromatic N) is 1. The van der Waals surface area contributed by atoms with Crippen LogP contribution >= 0.6 is 0 Å². The largest absolute Gasteiger partial charge is 0.494 e. The molecule has 1 amide bonds. The highest BCUT2D eigenvalue weighted by Crippen LogP contribution is 2.30. The van der Waals surface area contributed by atoms with Gasteiger partial charge in [0.25, 0.3) is 5.91 Å². The first kappa shape index (κ1) is 22.9. The summed E-state index contributed by atoms with van der Waals surface area (Å²) in [5.41, 5.74) is 1.33. The lowest BCUT2D eigenvalue weighted by molar-refractivity contribution is 0.0680. The molecule has 1 aliphatic rings. The van der Waals surface area contributed by atoms with E-state index in [0.717, 1.165) is 12.0 Å². The minimum absolute atomic E-state index is 0.0241. The lowest BCUT2D eigenvalue weighted by Crippen LogP contribution is -2.40. The maximum atomic E-state index is 13.4. The Kier molecular flexibility index (Phi) is 7.43. The van der Waals surface area contributed by atoms with E-state index in [1.165, 1.54) is 0 Å². The molecule has 1 fully saturated rings. The minimum Gasteiger partial charge on any atom is -0.494 e. The van der Waals surface area contributed by atoms with E-state index in [9.17, 15) is 13.2 Å². The van der Waals surface area contributed by atoms with Crippen LogP contribution in [0.3, 0.4) is 0 Å². The summed E-state index contributed by atoms with van der Waals surface area (Å²) >= 11 is 0. The van der Waals surface area contributed by atoms with Gasteiger partial charge in [-0.3, -0.25) is 4.79 Å². The monoisotopic (exact) mass is 447 g/mol. The highest BCUT2D eigenvalue weighted by Gasteiger charge is 2.35. The van der Waals surface area contributed by atoms with Crippen LogP contribution in [0.15, 0.2) is 42.5 Å². The fourth-order valence-electron chi connectivity index (χ4n) is 3.64. The van der Waals surface area contributed by atoms with Gasteiger partial charge in [0.1, 0.15) is 5.75 Å². The average molecular weight is 448 g/mol. The number of hydrogen-bond acceptors (Lipinski definition) is 6. The van der Waals surface area contributed by atoms with Crippen LogP contribution in [0.1, 0.15) is 35.7 Å². The van der Waals surface area contributed by atoms with Gasteiger partial charge < -0.3 is 19.1 Å². The molecule has 31 heavy (non-hydrogen) atoms. The summed E-state index contributed by atoms with van der Waals surface area (Å²) in [4.78, 5) is 15.0. The molecule has 1 unspecified atom stereocenters. The van der Waals surface area contributed by atoms with Gasteiger partial charge in [-0.25, -0.2) is 8.42 Å². The van der Waals surface area contributed by atoms with Gasteiger partial charge in [0, 0.05) is 18.2 Å². The van der Waals surface area contributed by atoms with E-state index in [2.05, 4.69) is 0 Å². The molecule has 2 aromatic rings. The zero-order chi connectivity index (χ0) is 22.4. The van der Waals surface area contributed by atoms with Gasteiger partial charge >= 0.3 is 0 Å². The van der Waals surface area contributed by atoms with Crippen molar-refractivity contribution in [1.82, 2.24) is 4.90 Å². The molecule has 0 saturated carbocycles. The standard InChI is InChI=1S/C23H29NO6S/c1-4-12-30-20-8-6-18(7-9-20)23(25)24(19-11-13-31(26,27)16-19)15-17-5-10-21(28-2)22(14-17)29-3/h5-10,14,19H,4,11-13,15-16H2,1-3H3. The molecule has 0 aromatic heterocycles.